The van der Waals surface area contributed by atoms with E-state index in [-0.39, 0.29) is 24.9 Å². The largest absolute Gasteiger partial charge is 0.481 e. The monoisotopic (exact) mass is 324 g/mol. The Bertz CT molecular complexity index is 555. The normalized spacial score (nSPS) is 36.8. The Morgan fingerprint density at radius 3 is 2.78 bits per heavy atom. The highest BCUT2D eigenvalue weighted by molar-refractivity contribution is 5.85. The maximum absolute atomic E-state index is 11.9. The van der Waals surface area contributed by atoms with Crippen LogP contribution in [-0.4, -0.2) is 48.4 Å². The van der Waals surface area contributed by atoms with Crippen molar-refractivity contribution in [3.05, 3.63) is 12.2 Å². The summed E-state index contributed by atoms with van der Waals surface area (Å²) in [7, 11) is 0. The van der Waals surface area contributed by atoms with Crippen molar-refractivity contribution in [2.45, 2.75) is 32.0 Å². The molecule has 0 aromatic rings. The zero-order valence-electron chi connectivity index (χ0n) is 12.9. The molecule has 7 heteroatoms. The second-order valence-corrected chi connectivity index (χ2v) is 6.57. The van der Waals surface area contributed by atoms with E-state index in [1.165, 1.54) is 0 Å². The fourth-order valence-corrected chi connectivity index (χ4v) is 4.10. The lowest BCUT2D eigenvalue weighted by Crippen LogP contribution is -2.43. The van der Waals surface area contributed by atoms with Gasteiger partial charge in [0, 0.05) is 11.8 Å². The Hall–Kier alpha value is -1.89. The molecule has 2 bridgehead atoms. The minimum absolute atomic E-state index is 0.0724. The summed E-state index contributed by atoms with van der Waals surface area (Å²) in [5.41, 5.74) is 0.861. The summed E-state index contributed by atoms with van der Waals surface area (Å²) in [4.78, 5) is 35.3. The Balaban J connectivity index is 1.59. The number of hydrogen-bond acceptors (Lipinski definition) is 6. The number of carboxylic acids is 1. The summed E-state index contributed by atoms with van der Waals surface area (Å²) >= 11 is 0. The van der Waals surface area contributed by atoms with Crippen molar-refractivity contribution in [1.29, 1.82) is 0 Å². The first-order valence-electron chi connectivity index (χ1n) is 7.75. The average Bonchev–Trinajstić information content (AvgIpc) is 3.06. The third-order valence-electron chi connectivity index (χ3n) is 4.90. The first kappa shape index (κ1) is 16.0. The van der Waals surface area contributed by atoms with Gasteiger partial charge >= 0.3 is 17.9 Å². The summed E-state index contributed by atoms with van der Waals surface area (Å²) in [6, 6.07) is 0. The summed E-state index contributed by atoms with van der Waals surface area (Å²) in [5, 5.41) is 9.37. The Morgan fingerprint density at radius 1 is 1.39 bits per heavy atom. The van der Waals surface area contributed by atoms with E-state index in [0.717, 1.165) is 5.57 Å². The number of aliphatic carboxylic acids is 1. The molecule has 0 radical (unpaired) electrons. The van der Waals surface area contributed by atoms with Crippen LogP contribution in [0.3, 0.4) is 0 Å². The fraction of sp³-hybridized carbons (Fsp3) is 0.688. The van der Waals surface area contributed by atoms with Crippen molar-refractivity contribution in [3.8, 4) is 0 Å². The second kappa shape index (κ2) is 5.96. The topological polar surface area (TPSA) is 99.1 Å². The number of carbonyl (C=O) groups excluding carboxylic acids is 2. The molecule has 0 amide bonds. The molecule has 3 aliphatic rings. The van der Waals surface area contributed by atoms with Crippen LogP contribution in [0, 0.1) is 23.7 Å². The van der Waals surface area contributed by atoms with E-state index >= 15 is 0 Å². The Morgan fingerprint density at radius 2 is 2.13 bits per heavy atom. The molecular weight excluding hydrogens is 304 g/mol. The molecule has 1 aliphatic heterocycles. The molecule has 0 aromatic carbocycles. The van der Waals surface area contributed by atoms with Gasteiger partial charge in [-0.15, -0.1) is 0 Å². The van der Waals surface area contributed by atoms with E-state index in [2.05, 4.69) is 6.58 Å². The molecule has 23 heavy (non-hydrogen) atoms. The van der Waals surface area contributed by atoms with Crippen molar-refractivity contribution < 1.29 is 33.7 Å². The molecule has 0 spiro atoms. The highest BCUT2D eigenvalue weighted by Crippen LogP contribution is 2.58. The van der Waals surface area contributed by atoms with Gasteiger partial charge in [-0.2, -0.15) is 0 Å². The van der Waals surface area contributed by atoms with E-state index in [9.17, 15) is 19.5 Å². The lowest BCUT2D eigenvalue weighted by atomic mass is 9.78. The SMILES string of the molecule is C=C(C)COCCC(=O)OC1C2CC3C1OC(=O)C3C2C(=O)O. The zero-order valence-corrected chi connectivity index (χ0v) is 12.9. The number of ether oxygens (including phenoxy) is 3. The van der Waals surface area contributed by atoms with Gasteiger partial charge in [-0.1, -0.05) is 12.2 Å². The third kappa shape index (κ3) is 2.73. The number of rotatable bonds is 7. The van der Waals surface area contributed by atoms with Gasteiger partial charge in [0.2, 0.25) is 0 Å². The van der Waals surface area contributed by atoms with Crippen LogP contribution < -0.4 is 0 Å². The van der Waals surface area contributed by atoms with Gasteiger partial charge in [0.1, 0.15) is 12.2 Å². The Labute approximate surface area is 133 Å². The summed E-state index contributed by atoms with van der Waals surface area (Å²) in [5.74, 6) is -3.86. The second-order valence-electron chi connectivity index (χ2n) is 6.57. The molecule has 6 atom stereocenters. The van der Waals surface area contributed by atoms with Crippen LogP contribution in [0.25, 0.3) is 0 Å². The van der Waals surface area contributed by atoms with Crippen LogP contribution in [-0.2, 0) is 28.6 Å². The van der Waals surface area contributed by atoms with Gasteiger partial charge in [0.05, 0.1) is 31.5 Å². The van der Waals surface area contributed by atoms with Gasteiger partial charge < -0.3 is 19.3 Å². The third-order valence-corrected chi connectivity index (χ3v) is 4.90. The van der Waals surface area contributed by atoms with Gasteiger partial charge in [0.15, 0.2) is 0 Å². The zero-order chi connectivity index (χ0) is 16.7. The summed E-state index contributed by atoms with van der Waals surface area (Å²) in [6.07, 6.45) is -0.517. The van der Waals surface area contributed by atoms with Crippen LogP contribution in [0.2, 0.25) is 0 Å². The molecule has 1 saturated heterocycles. The predicted octanol–water partition coefficient (Wildman–Crippen LogP) is 0.773. The maximum atomic E-state index is 11.9. The number of fused-ring (bicyclic) bond motifs is 1. The van der Waals surface area contributed by atoms with Crippen LogP contribution in [0.1, 0.15) is 19.8 Å². The smallest absolute Gasteiger partial charge is 0.310 e. The number of hydrogen-bond donors (Lipinski definition) is 1. The molecule has 1 N–H and O–H groups in total. The lowest BCUT2D eigenvalue weighted by Gasteiger charge is -2.29. The van der Waals surface area contributed by atoms with Crippen molar-refractivity contribution in [1.82, 2.24) is 0 Å². The van der Waals surface area contributed by atoms with Crippen LogP contribution in [0.4, 0.5) is 0 Å². The van der Waals surface area contributed by atoms with Crippen molar-refractivity contribution in [2.75, 3.05) is 13.2 Å². The highest BCUT2D eigenvalue weighted by atomic mass is 16.6. The van der Waals surface area contributed by atoms with E-state index < -0.39 is 42.0 Å². The molecule has 1 heterocycles. The Kier molecular flexibility index (Phi) is 4.14. The standard InChI is InChI=1S/C16H20O7/c1-7(2)6-21-4-3-10(17)22-13-8-5-9-12(11(8)15(18)19)16(20)23-14(9)13/h8-9,11-14H,1,3-6H2,2H3,(H,18,19). The van der Waals surface area contributed by atoms with E-state index in [1.807, 2.05) is 6.92 Å². The number of carbonyl (C=O) groups is 3. The molecule has 7 nitrogen and oxygen atoms in total. The van der Waals surface area contributed by atoms with E-state index in [1.54, 1.807) is 0 Å². The molecule has 6 unspecified atom stereocenters. The molecule has 2 aliphatic carbocycles. The summed E-state index contributed by atoms with van der Waals surface area (Å²) in [6.45, 7) is 6.11. The number of carboxylic acid groups (broad SMARTS) is 1. The molecule has 3 fully saturated rings. The first-order valence-corrected chi connectivity index (χ1v) is 7.75. The number of esters is 2. The van der Waals surface area contributed by atoms with Crippen molar-refractivity contribution >= 4 is 17.9 Å². The van der Waals surface area contributed by atoms with Crippen LogP contribution >= 0.6 is 0 Å². The van der Waals surface area contributed by atoms with Gasteiger partial charge in [-0.3, -0.25) is 14.4 Å². The van der Waals surface area contributed by atoms with Crippen LogP contribution in [0.15, 0.2) is 12.2 Å². The quantitative estimate of drug-likeness (QED) is 0.419. The molecule has 3 rings (SSSR count). The molecule has 2 saturated carbocycles. The average molecular weight is 324 g/mol. The van der Waals surface area contributed by atoms with Crippen molar-refractivity contribution in [3.63, 3.8) is 0 Å². The summed E-state index contributed by atoms with van der Waals surface area (Å²) < 4.78 is 15.9. The lowest BCUT2D eigenvalue weighted by molar-refractivity contribution is -0.165. The maximum Gasteiger partial charge on any atom is 0.310 e. The van der Waals surface area contributed by atoms with Crippen LogP contribution in [0.5, 0.6) is 0 Å². The van der Waals surface area contributed by atoms with Crippen molar-refractivity contribution in [2.24, 2.45) is 23.7 Å². The van der Waals surface area contributed by atoms with E-state index in [4.69, 9.17) is 14.2 Å². The molecule has 0 aromatic heterocycles. The van der Waals surface area contributed by atoms with Gasteiger partial charge in [0.25, 0.3) is 0 Å². The predicted molar refractivity (Wildman–Crippen MR) is 76.2 cm³/mol. The minimum Gasteiger partial charge on any atom is -0.481 e. The van der Waals surface area contributed by atoms with Gasteiger partial charge in [-0.05, 0) is 13.3 Å². The highest BCUT2D eigenvalue weighted by Gasteiger charge is 2.69. The minimum atomic E-state index is -1.02. The van der Waals surface area contributed by atoms with E-state index in [0.29, 0.717) is 13.0 Å². The fourth-order valence-electron chi connectivity index (χ4n) is 4.10. The first-order chi connectivity index (χ1) is 10.9. The van der Waals surface area contributed by atoms with Gasteiger partial charge in [-0.25, -0.2) is 0 Å². The molecular formula is C16H20O7. The molecule has 126 valence electrons.